The molecule has 0 radical (unpaired) electrons. The Morgan fingerprint density at radius 2 is 1.96 bits per heavy atom. The van der Waals surface area contributed by atoms with Crippen LogP contribution in [0.25, 0.3) is 5.65 Å². The largest absolute Gasteiger partial charge is 0.307 e. The van der Waals surface area contributed by atoms with Crippen molar-refractivity contribution in [1.82, 2.24) is 19.6 Å². The lowest BCUT2D eigenvalue weighted by Crippen LogP contribution is -2.41. The summed E-state index contributed by atoms with van der Waals surface area (Å²) in [5, 5.41) is 3.61. The van der Waals surface area contributed by atoms with Crippen LogP contribution in [0, 0.1) is 0 Å². The maximum atomic E-state index is 4.65. The minimum atomic E-state index is 0.445. The molecule has 0 saturated carbocycles. The molecule has 4 rings (SSSR count). The van der Waals surface area contributed by atoms with Crippen LogP contribution in [0.3, 0.4) is 0 Å². The molecule has 1 aliphatic heterocycles. The van der Waals surface area contributed by atoms with Crippen LogP contribution in [-0.2, 0) is 19.5 Å². The van der Waals surface area contributed by atoms with Gasteiger partial charge >= 0.3 is 0 Å². The number of fused-ring (bicyclic) bond motifs is 2. The molecule has 0 bridgehead atoms. The van der Waals surface area contributed by atoms with Crippen LogP contribution < -0.4 is 5.32 Å². The smallest absolute Gasteiger partial charge is 0.137 e. The first-order valence-corrected chi connectivity index (χ1v) is 8.73. The van der Waals surface area contributed by atoms with Crippen LogP contribution in [0.15, 0.2) is 54.9 Å². The SMILES string of the molecule is CC(CN1CCc2ccccc2C1)NCc1cn2ccccc2n1. The molecule has 4 nitrogen and oxygen atoms in total. The molecule has 0 amide bonds. The van der Waals surface area contributed by atoms with E-state index in [9.17, 15) is 0 Å². The van der Waals surface area contributed by atoms with Crippen LogP contribution in [-0.4, -0.2) is 33.4 Å². The van der Waals surface area contributed by atoms with Crippen LogP contribution in [0.4, 0.5) is 0 Å². The maximum Gasteiger partial charge on any atom is 0.137 e. The standard InChI is InChI=1S/C20H24N4/c1-16(13-23-11-9-17-6-2-3-7-18(17)14-23)21-12-19-15-24-10-5-4-8-20(24)22-19/h2-8,10,15-16,21H,9,11-14H2,1H3. The van der Waals surface area contributed by atoms with Crippen molar-refractivity contribution in [2.45, 2.75) is 32.5 Å². The van der Waals surface area contributed by atoms with E-state index in [-0.39, 0.29) is 0 Å². The first-order valence-electron chi connectivity index (χ1n) is 8.73. The normalized spacial score (nSPS) is 16.2. The molecule has 2 aromatic heterocycles. The number of imidazole rings is 1. The number of aromatic nitrogens is 2. The fourth-order valence-electron chi connectivity index (χ4n) is 3.51. The van der Waals surface area contributed by atoms with Gasteiger partial charge < -0.3 is 9.72 Å². The second-order valence-corrected chi connectivity index (χ2v) is 6.73. The number of rotatable bonds is 5. The summed E-state index contributed by atoms with van der Waals surface area (Å²) >= 11 is 0. The lowest BCUT2D eigenvalue weighted by molar-refractivity contribution is 0.229. The fourth-order valence-corrected chi connectivity index (χ4v) is 3.51. The summed E-state index contributed by atoms with van der Waals surface area (Å²) in [7, 11) is 0. The van der Waals surface area contributed by atoms with Crippen molar-refractivity contribution in [2.24, 2.45) is 0 Å². The summed E-state index contributed by atoms with van der Waals surface area (Å²) in [4.78, 5) is 7.19. The molecule has 1 aliphatic rings. The number of hydrogen-bond donors (Lipinski definition) is 1. The van der Waals surface area contributed by atoms with Gasteiger partial charge in [0.25, 0.3) is 0 Å². The number of nitrogens with one attached hydrogen (secondary N) is 1. The quantitative estimate of drug-likeness (QED) is 0.784. The van der Waals surface area contributed by atoms with Gasteiger partial charge in [-0.1, -0.05) is 30.3 Å². The van der Waals surface area contributed by atoms with Gasteiger partial charge in [-0.25, -0.2) is 4.98 Å². The van der Waals surface area contributed by atoms with E-state index in [1.165, 1.54) is 11.1 Å². The van der Waals surface area contributed by atoms with E-state index in [1.54, 1.807) is 0 Å². The van der Waals surface area contributed by atoms with Gasteiger partial charge in [0.05, 0.1) is 5.69 Å². The maximum absolute atomic E-state index is 4.65. The van der Waals surface area contributed by atoms with Gasteiger partial charge in [-0.15, -0.1) is 0 Å². The zero-order valence-electron chi connectivity index (χ0n) is 14.2. The first kappa shape index (κ1) is 15.4. The lowest BCUT2D eigenvalue weighted by atomic mass is 10.00. The number of hydrogen-bond acceptors (Lipinski definition) is 3. The zero-order chi connectivity index (χ0) is 16.4. The molecule has 0 spiro atoms. The predicted molar refractivity (Wildman–Crippen MR) is 96.9 cm³/mol. The summed E-state index contributed by atoms with van der Waals surface area (Å²) in [5.41, 5.74) is 5.10. The number of pyridine rings is 1. The number of benzene rings is 1. The number of nitrogens with zero attached hydrogens (tertiary/aromatic N) is 3. The summed E-state index contributed by atoms with van der Waals surface area (Å²) < 4.78 is 2.07. The minimum Gasteiger partial charge on any atom is -0.307 e. The predicted octanol–water partition coefficient (Wildman–Crippen LogP) is 2.87. The summed E-state index contributed by atoms with van der Waals surface area (Å²) in [5.74, 6) is 0. The van der Waals surface area contributed by atoms with Crippen LogP contribution in [0.2, 0.25) is 0 Å². The van der Waals surface area contributed by atoms with Crippen molar-refractivity contribution in [3.05, 3.63) is 71.7 Å². The van der Waals surface area contributed by atoms with Gasteiger partial charge in [0.2, 0.25) is 0 Å². The second-order valence-electron chi connectivity index (χ2n) is 6.73. The topological polar surface area (TPSA) is 32.6 Å². The Kier molecular flexibility index (Phi) is 4.32. The van der Waals surface area contributed by atoms with Gasteiger partial charge in [-0.2, -0.15) is 0 Å². The highest BCUT2D eigenvalue weighted by Gasteiger charge is 2.17. The third-order valence-corrected chi connectivity index (χ3v) is 4.79. The summed E-state index contributed by atoms with van der Waals surface area (Å²) in [6.45, 7) is 6.36. The van der Waals surface area contributed by atoms with Crippen molar-refractivity contribution in [1.29, 1.82) is 0 Å². The lowest BCUT2D eigenvalue weighted by Gasteiger charge is -2.31. The molecule has 0 fully saturated rings. The van der Waals surface area contributed by atoms with E-state index in [1.807, 2.05) is 24.4 Å². The molecule has 1 atom stereocenters. The van der Waals surface area contributed by atoms with Gasteiger partial charge in [-0.05, 0) is 36.6 Å². The fraction of sp³-hybridized carbons (Fsp3) is 0.350. The molecule has 1 unspecified atom stereocenters. The third-order valence-electron chi connectivity index (χ3n) is 4.79. The Morgan fingerprint density at radius 3 is 2.83 bits per heavy atom. The molecular formula is C20H24N4. The van der Waals surface area contributed by atoms with Crippen LogP contribution in [0.1, 0.15) is 23.7 Å². The highest BCUT2D eigenvalue weighted by atomic mass is 15.2. The van der Waals surface area contributed by atoms with E-state index >= 15 is 0 Å². The summed E-state index contributed by atoms with van der Waals surface area (Å²) in [6.07, 6.45) is 5.31. The van der Waals surface area contributed by atoms with Gasteiger partial charge in [0.15, 0.2) is 0 Å². The second kappa shape index (κ2) is 6.75. The highest BCUT2D eigenvalue weighted by Crippen LogP contribution is 2.18. The molecule has 4 heteroatoms. The van der Waals surface area contributed by atoms with Gasteiger partial charge in [0.1, 0.15) is 5.65 Å². The van der Waals surface area contributed by atoms with Gasteiger partial charge in [0, 0.05) is 44.6 Å². The van der Waals surface area contributed by atoms with E-state index in [2.05, 4.69) is 57.0 Å². The average Bonchev–Trinajstić information content (AvgIpc) is 3.03. The van der Waals surface area contributed by atoms with Crippen LogP contribution in [0.5, 0.6) is 0 Å². The van der Waals surface area contributed by atoms with Crippen molar-refractivity contribution in [3.63, 3.8) is 0 Å². The Hall–Kier alpha value is -2.17. The molecule has 3 aromatic rings. The minimum absolute atomic E-state index is 0.445. The Balaban J connectivity index is 1.31. The zero-order valence-corrected chi connectivity index (χ0v) is 14.2. The van der Waals surface area contributed by atoms with E-state index in [4.69, 9.17) is 0 Å². The van der Waals surface area contributed by atoms with Crippen molar-refractivity contribution in [2.75, 3.05) is 13.1 Å². The van der Waals surface area contributed by atoms with Crippen molar-refractivity contribution < 1.29 is 0 Å². The Bertz CT molecular complexity index is 790. The molecule has 0 aliphatic carbocycles. The average molecular weight is 320 g/mol. The summed E-state index contributed by atoms with van der Waals surface area (Å²) in [6, 6.07) is 15.4. The first-order chi connectivity index (χ1) is 11.8. The molecule has 124 valence electrons. The molecule has 24 heavy (non-hydrogen) atoms. The Morgan fingerprint density at radius 1 is 1.12 bits per heavy atom. The molecule has 3 heterocycles. The molecule has 1 aromatic carbocycles. The third kappa shape index (κ3) is 3.35. The monoisotopic (exact) mass is 320 g/mol. The van der Waals surface area contributed by atoms with Crippen molar-refractivity contribution in [3.8, 4) is 0 Å². The van der Waals surface area contributed by atoms with Gasteiger partial charge in [-0.3, -0.25) is 4.90 Å². The highest BCUT2D eigenvalue weighted by molar-refractivity contribution is 5.39. The Labute approximate surface area is 143 Å². The van der Waals surface area contributed by atoms with Crippen LogP contribution >= 0.6 is 0 Å². The van der Waals surface area contributed by atoms with E-state index < -0.39 is 0 Å². The molecule has 0 saturated heterocycles. The van der Waals surface area contributed by atoms with Crippen molar-refractivity contribution >= 4 is 5.65 Å². The van der Waals surface area contributed by atoms with E-state index in [0.717, 1.165) is 43.9 Å². The van der Waals surface area contributed by atoms with E-state index in [0.29, 0.717) is 6.04 Å². The molecule has 1 N–H and O–H groups in total. The molecular weight excluding hydrogens is 296 g/mol.